The van der Waals surface area contributed by atoms with Crippen molar-refractivity contribution >= 4 is 6.21 Å². The third kappa shape index (κ3) is 6.68. The molecule has 5 atom stereocenters. The first-order chi connectivity index (χ1) is 17.5. The number of hydrogen-bond acceptors (Lipinski definition) is 6. The number of ether oxygens (including phenoxy) is 5. The molecular weight excluding hydrogens is 482 g/mol. The predicted octanol–water partition coefficient (Wildman–Crippen LogP) is 6.19. The summed E-state index contributed by atoms with van der Waals surface area (Å²) >= 11 is 0. The summed E-state index contributed by atoms with van der Waals surface area (Å²) in [5.74, 6) is -1.54. The van der Waals surface area contributed by atoms with Crippen LogP contribution in [0.2, 0.25) is 0 Å². The van der Waals surface area contributed by atoms with E-state index in [0.717, 1.165) is 10.3 Å². The molecule has 0 N–H and O–H groups in total. The number of nitrogens with zero attached hydrogens (tertiary/aromatic N) is 1. The molecule has 38 heavy (non-hydrogen) atoms. The average molecular weight is 530 g/mol. The normalized spacial score (nSPS) is 36.5. The van der Waals surface area contributed by atoms with E-state index in [1.165, 1.54) is 30.2 Å². The number of allylic oxidation sites excluding steroid dienone is 8. The summed E-state index contributed by atoms with van der Waals surface area (Å²) in [6.07, 6.45) is 12.4. The number of fused-ring (bicyclic) bond motifs is 1. The Morgan fingerprint density at radius 3 is 2.29 bits per heavy atom. The molecule has 0 amide bonds. The molecule has 4 aliphatic rings. The average Bonchev–Trinajstić information content (AvgIpc) is 3.39. The van der Waals surface area contributed by atoms with Crippen LogP contribution >= 0.6 is 0 Å². The van der Waals surface area contributed by atoms with Gasteiger partial charge in [0.15, 0.2) is 36.3 Å². The smallest absolute Gasteiger partial charge is 0.222 e. The molecule has 0 spiro atoms. The van der Waals surface area contributed by atoms with Crippen LogP contribution in [-0.2, 0) is 23.7 Å². The maximum atomic E-state index is 13.4. The van der Waals surface area contributed by atoms with Crippen molar-refractivity contribution in [3.63, 3.8) is 0 Å². The lowest BCUT2D eigenvalue weighted by Crippen LogP contribution is -2.47. The lowest BCUT2D eigenvalue weighted by Gasteiger charge is -2.38. The van der Waals surface area contributed by atoms with Crippen molar-refractivity contribution in [2.45, 2.75) is 124 Å². The van der Waals surface area contributed by atoms with Crippen molar-refractivity contribution < 1.29 is 28.4 Å². The molecule has 212 valence electrons. The standard InChI is InChI=1S/C31H47NO6/c1-20(16-21(2)17-22-18-28(3,4)13-14-29(22,5)6)12-11-15-32(33)24-25(23-19-34-30(7,8)36-23)35-27-26(24)37-31(9,10)38-27/h11-12,15-18,23-27H,13-14,19H2,1-10H3/b12-11-,20-16-,21-17-,32-15?/t23-,24+,25-,26+,27-/m0/s1. The Morgan fingerprint density at radius 2 is 1.63 bits per heavy atom. The second-order valence-electron chi connectivity index (χ2n) is 13.5. The summed E-state index contributed by atoms with van der Waals surface area (Å²) in [7, 11) is 0. The van der Waals surface area contributed by atoms with Gasteiger partial charge in [-0.15, -0.1) is 0 Å². The molecular formula is C31H47NO6. The fourth-order valence-electron chi connectivity index (χ4n) is 5.77. The van der Waals surface area contributed by atoms with Crippen LogP contribution in [0.5, 0.6) is 0 Å². The molecule has 0 bridgehead atoms. The topological polar surface area (TPSA) is 72.2 Å². The summed E-state index contributed by atoms with van der Waals surface area (Å²) < 4.78 is 30.8. The molecule has 7 nitrogen and oxygen atoms in total. The zero-order valence-corrected chi connectivity index (χ0v) is 24.9. The van der Waals surface area contributed by atoms with Gasteiger partial charge in [0.05, 0.1) is 6.61 Å². The third-order valence-corrected chi connectivity index (χ3v) is 7.90. The zero-order valence-electron chi connectivity index (χ0n) is 24.9. The van der Waals surface area contributed by atoms with E-state index in [0.29, 0.717) is 6.61 Å². The van der Waals surface area contributed by atoms with Gasteiger partial charge in [-0.2, -0.15) is 0 Å². The molecule has 7 heteroatoms. The number of hydrogen-bond donors (Lipinski definition) is 0. The summed E-state index contributed by atoms with van der Waals surface area (Å²) in [6, 6.07) is -0.622. The maximum Gasteiger partial charge on any atom is 0.222 e. The lowest BCUT2D eigenvalue weighted by molar-refractivity contribution is -0.516. The maximum absolute atomic E-state index is 13.4. The second-order valence-corrected chi connectivity index (χ2v) is 13.5. The highest BCUT2D eigenvalue weighted by Crippen LogP contribution is 2.45. The Morgan fingerprint density at radius 1 is 0.921 bits per heavy atom. The molecule has 3 fully saturated rings. The first kappa shape index (κ1) is 29.2. The van der Waals surface area contributed by atoms with Gasteiger partial charge < -0.3 is 28.9 Å². The van der Waals surface area contributed by atoms with Crippen molar-refractivity contribution in [1.29, 1.82) is 0 Å². The summed E-state index contributed by atoms with van der Waals surface area (Å²) in [6.45, 7) is 21.1. The highest BCUT2D eigenvalue weighted by atomic mass is 16.8. The molecule has 4 rings (SSSR count). The number of hydroxylamine groups is 1. The van der Waals surface area contributed by atoms with Crippen LogP contribution < -0.4 is 0 Å². The van der Waals surface area contributed by atoms with Gasteiger partial charge in [0, 0.05) is 6.08 Å². The van der Waals surface area contributed by atoms with Crippen molar-refractivity contribution in [2.24, 2.45) is 10.8 Å². The highest BCUT2D eigenvalue weighted by Gasteiger charge is 2.62. The minimum absolute atomic E-state index is 0.173. The summed E-state index contributed by atoms with van der Waals surface area (Å²) in [5, 5.41) is 13.4. The quantitative estimate of drug-likeness (QED) is 0.134. The van der Waals surface area contributed by atoms with Gasteiger partial charge in [0.2, 0.25) is 6.04 Å². The fraction of sp³-hybridized carbons (Fsp3) is 0.710. The van der Waals surface area contributed by atoms with Crippen molar-refractivity contribution in [2.75, 3.05) is 6.61 Å². The molecule has 0 radical (unpaired) electrons. The first-order valence-corrected chi connectivity index (χ1v) is 13.9. The summed E-state index contributed by atoms with van der Waals surface area (Å²) in [4.78, 5) is 0. The van der Waals surface area contributed by atoms with Gasteiger partial charge in [-0.3, -0.25) is 0 Å². The highest BCUT2D eigenvalue weighted by molar-refractivity contribution is 5.67. The van der Waals surface area contributed by atoms with Crippen LogP contribution in [0.25, 0.3) is 0 Å². The van der Waals surface area contributed by atoms with E-state index in [-0.39, 0.29) is 16.9 Å². The molecule has 0 saturated carbocycles. The minimum Gasteiger partial charge on any atom is -0.623 e. The van der Waals surface area contributed by atoms with Gasteiger partial charge in [0.25, 0.3) is 0 Å². The molecule has 3 saturated heterocycles. The Bertz CT molecular complexity index is 1060. The van der Waals surface area contributed by atoms with Gasteiger partial charge >= 0.3 is 0 Å². The second kappa shape index (κ2) is 10.3. The Balaban J connectivity index is 1.49. The fourth-order valence-corrected chi connectivity index (χ4v) is 5.77. The van der Waals surface area contributed by atoms with E-state index in [2.05, 4.69) is 52.8 Å². The summed E-state index contributed by atoms with van der Waals surface area (Å²) in [5.41, 5.74) is 4.04. The van der Waals surface area contributed by atoms with E-state index in [1.807, 2.05) is 40.7 Å². The van der Waals surface area contributed by atoms with Crippen LogP contribution in [0.1, 0.15) is 82.1 Å². The van der Waals surface area contributed by atoms with E-state index < -0.39 is 36.1 Å². The minimum atomic E-state index is -0.817. The van der Waals surface area contributed by atoms with E-state index in [4.69, 9.17) is 23.7 Å². The van der Waals surface area contributed by atoms with Crippen LogP contribution in [0.3, 0.4) is 0 Å². The van der Waals surface area contributed by atoms with Crippen LogP contribution in [0, 0.1) is 16.0 Å². The lowest BCUT2D eigenvalue weighted by atomic mass is 9.67. The van der Waals surface area contributed by atoms with Crippen molar-refractivity contribution in [3.8, 4) is 0 Å². The Hall–Kier alpha value is -1.77. The first-order valence-electron chi connectivity index (χ1n) is 13.9. The largest absolute Gasteiger partial charge is 0.623 e. The molecule has 0 unspecified atom stereocenters. The van der Waals surface area contributed by atoms with Crippen LogP contribution in [0.15, 0.2) is 47.1 Å². The molecule has 3 aliphatic heterocycles. The number of rotatable bonds is 6. The monoisotopic (exact) mass is 529 g/mol. The third-order valence-electron chi connectivity index (χ3n) is 7.90. The van der Waals surface area contributed by atoms with Gasteiger partial charge in [0.1, 0.15) is 6.10 Å². The SMILES string of the molecule is CC(=C/C1=CC(C)(C)CCC1(C)C)/C=C(C)\C=C/C=[N+]([O-])[C@@H]1[C@H]([C@@H]2COC(C)(C)O2)O[C@H]2OC(C)(C)O[C@@H]21. The van der Waals surface area contributed by atoms with Crippen molar-refractivity contribution in [1.82, 2.24) is 0 Å². The van der Waals surface area contributed by atoms with E-state index in [1.54, 1.807) is 6.08 Å². The molecule has 1 aliphatic carbocycles. The van der Waals surface area contributed by atoms with Crippen molar-refractivity contribution in [3.05, 3.63) is 52.3 Å². The van der Waals surface area contributed by atoms with Gasteiger partial charge in [-0.1, -0.05) is 63.1 Å². The molecule has 0 aromatic carbocycles. The van der Waals surface area contributed by atoms with E-state index in [9.17, 15) is 5.21 Å². The van der Waals surface area contributed by atoms with Crippen LogP contribution in [0.4, 0.5) is 0 Å². The molecule has 3 heterocycles. The molecule has 0 aromatic rings. The Labute approximate surface area is 228 Å². The predicted molar refractivity (Wildman–Crippen MR) is 149 cm³/mol. The Kier molecular flexibility index (Phi) is 7.94. The zero-order chi connectivity index (χ0) is 28.1. The van der Waals surface area contributed by atoms with Gasteiger partial charge in [-0.05, 0) is 70.8 Å². The van der Waals surface area contributed by atoms with E-state index >= 15 is 0 Å². The molecule has 0 aromatic heterocycles. The van der Waals surface area contributed by atoms with Crippen LogP contribution in [-0.4, -0.2) is 59.8 Å². The van der Waals surface area contributed by atoms with Gasteiger partial charge in [-0.25, -0.2) is 4.74 Å².